The summed E-state index contributed by atoms with van der Waals surface area (Å²) in [4.78, 5) is 6.37. The van der Waals surface area contributed by atoms with Gasteiger partial charge in [-0.3, -0.25) is 0 Å². The Bertz CT molecular complexity index is 1460. The molecule has 1 aromatic carbocycles. The highest BCUT2D eigenvalue weighted by Gasteiger charge is 2.45. The maximum atomic E-state index is 13.4. The first-order valence-corrected chi connectivity index (χ1v) is 17.1. The summed E-state index contributed by atoms with van der Waals surface area (Å²) < 4.78 is 69.9. The van der Waals surface area contributed by atoms with Crippen molar-refractivity contribution >= 4 is 25.5 Å². The first-order valence-electron chi connectivity index (χ1n) is 14.0. The minimum Gasteiger partial charge on any atom is -0.491 e. The van der Waals surface area contributed by atoms with Crippen molar-refractivity contribution in [2.75, 3.05) is 70.3 Å². The first kappa shape index (κ1) is 30.9. The normalized spacial score (nSPS) is 21.6. The third-order valence-electron chi connectivity index (χ3n) is 7.97. The zero-order chi connectivity index (χ0) is 30.0. The largest absolute Gasteiger partial charge is 0.491 e. The van der Waals surface area contributed by atoms with Crippen molar-refractivity contribution in [3.63, 3.8) is 0 Å². The van der Waals surface area contributed by atoms with Crippen LogP contribution in [0.1, 0.15) is 19.3 Å². The molecule has 3 aliphatic rings. The molecule has 2 atom stereocenters. The summed E-state index contributed by atoms with van der Waals surface area (Å²) in [5, 5.41) is 22.7. The van der Waals surface area contributed by atoms with Crippen LogP contribution in [0.4, 0.5) is 5.69 Å². The number of piperidine rings is 1. The molecule has 3 aliphatic heterocycles. The molecule has 0 amide bonds. The maximum absolute atomic E-state index is 13.4. The van der Waals surface area contributed by atoms with Gasteiger partial charge in [-0.05, 0) is 43.5 Å². The number of aliphatic hydroxyl groups excluding tert-OH is 2. The van der Waals surface area contributed by atoms with Crippen LogP contribution in [-0.4, -0.2) is 119 Å². The van der Waals surface area contributed by atoms with Gasteiger partial charge < -0.3 is 34.6 Å². The number of fused-ring (bicyclic) bond motifs is 1. The minimum atomic E-state index is -3.72. The molecule has 0 radical (unpaired) electrons. The van der Waals surface area contributed by atoms with Gasteiger partial charge in [0.2, 0.25) is 15.9 Å². The van der Waals surface area contributed by atoms with Crippen LogP contribution < -0.4 is 19.7 Å². The van der Waals surface area contributed by atoms with E-state index in [4.69, 9.17) is 19.3 Å². The third-order valence-corrected chi connectivity index (χ3v) is 11.5. The predicted molar refractivity (Wildman–Crippen MR) is 153 cm³/mol. The smallest absolute Gasteiger partial charge is 0.244 e. The van der Waals surface area contributed by atoms with E-state index in [-0.39, 0.29) is 34.7 Å². The third kappa shape index (κ3) is 6.82. The van der Waals surface area contributed by atoms with E-state index in [1.165, 1.54) is 22.6 Å². The van der Waals surface area contributed by atoms with Crippen LogP contribution in [-0.2, 0) is 24.6 Å². The number of hydrogen-bond acceptors (Lipinski definition) is 12. The molecule has 0 aliphatic carbocycles. The molecule has 0 saturated carbocycles. The van der Waals surface area contributed by atoms with Crippen LogP contribution in [0.2, 0.25) is 0 Å². The van der Waals surface area contributed by atoms with Gasteiger partial charge in [-0.1, -0.05) is 6.07 Å². The van der Waals surface area contributed by atoms with E-state index in [1.54, 1.807) is 18.2 Å². The quantitative estimate of drug-likeness (QED) is 0.306. The Hall–Kier alpha value is -2.53. The summed E-state index contributed by atoms with van der Waals surface area (Å²) in [7, 11) is -5.44. The standard InChI is InChI=1S/C27H38N4O9S2/c1-30-9-11-38-26-25(30)14-24(17-29-26)42(36,37)31-7-5-27(6-8-31)15-20(18-40-27)28-16-21(33)19-39-22-3-2-4-23(13-22)41(34,35)12-10-32/h2-4,13-14,17,20-21,28,32-33H,5-12,15-16,18-19H2,1H3/t20-,21?/m1/s1. The number of nitrogens with zero attached hydrogens (tertiary/aromatic N) is 3. The summed E-state index contributed by atoms with van der Waals surface area (Å²) in [5.41, 5.74) is 0.240. The summed E-state index contributed by atoms with van der Waals surface area (Å²) in [6.07, 6.45) is 2.33. The SMILES string of the molecule is CN1CCOc2ncc(S(=O)(=O)N3CCC4(CC3)C[C@@H](NCC(O)COc3cccc(S(=O)(=O)CCO)c3)CO4)cc21. The minimum absolute atomic E-state index is 0.00450. The van der Waals surface area contributed by atoms with E-state index in [9.17, 15) is 21.9 Å². The molecule has 5 rings (SSSR count). The number of anilines is 1. The predicted octanol–water partition coefficient (Wildman–Crippen LogP) is 0.0179. The molecule has 1 spiro atoms. The Morgan fingerprint density at radius 1 is 1.17 bits per heavy atom. The van der Waals surface area contributed by atoms with Crippen LogP contribution in [0.3, 0.4) is 0 Å². The van der Waals surface area contributed by atoms with Crippen LogP contribution in [0, 0.1) is 0 Å². The highest BCUT2D eigenvalue weighted by molar-refractivity contribution is 7.91. The molecule has 1 unspecified atom stereocenters. The number of nitrogens with one attached hydrogen (secondary N) is 1. The number of hydrogen-bond donors (Lipinski definition) is 3. The van der Waals surface area contributed by atoms with Gasteiger partial charge in [-0.2, -0.15) is 4.31 Å². The fourth-order valence-electron chi connectivity index (χ4n) is 5.50. The monoisotopic (exact) mass is 626 g/mol. The second kappa shape index (κ2) is 12.6. The van der Waals surface area contributed by atoms with Crippen molar-refractivity contribution in [1.29, 1.82) is 0 Å². The molecule has 1 aromatic heterocycles. The molecule has 232 valence electrons. The molecule has 2 saturated heterocycles. The van der Waals surface area contributed by atoms with E-state index in [0.29, 0.717) is 69.4 Å². The van der Waals surface area contributed by atoms with E-state index < -0.39 is 38.2 Å². The van der Waals surface area contributed by atoms with Gasteiger partial charge in [-0.15, -0.1) is 0 Å². The molecule has 13 nitrogen and oxygen atoms in total. The highest BCUT2D eigenvalue weighted by Crippen LogP contribution is 2.38. The molecule has 42 heavy (non-hydrogen) atoms. The van der Waals surface area contributed by atoms with E-state index in [2.05, 4.69) is 10.3 Å². The Balaban J connectivity index is 1.08. The number of rotatable bonds is 11. The average Bonchev–Trinajstić information content (AvgIpc) is 3.37. The highest BCUT2D eigenvalue weighted by atomic mass is 32.2. The lowest BCUT2D eigenvalue weighted by Gasteiger charge is -2.38. The van der Waals surface area contributed by atoms with Gasteiger partial charge in [0.1, 0.15) is 35.7 Å². The summed E-state index contributed by atoms with van der Waals surface area (Å²) in [6.45, 7) is 2.03. The van der Waals surface area contributed by atoms with Crippen molar-refractivity contribution in [1.82, 2.24) is 14.6 Å². The fraction of sp³-hybridized carbons (Fsp3) is 0.593. The first-order chi connectivity index (χ1) is 20.0. The van der Waals surface area contributed by atoms with Gasteiger partial charge in [0.25, 0.3) is 0 Å². The summed E-state index contributed by atoms with van der Waals surface area (Å²) in [5.74, 6) is 0.375. The number of sulfonamides is 1. The Kier molecular flexibility index (Phi) is 9.27. The summed E-state index contributed by atoms with van der Waals surface area (Å²) in [6, 6.07) is 7.58. The number of benzene rings is 1. The zero-order valence-corrected chi connectivity index (χ0v) is 25.1. The van der Waals surface area contributed by atoms with Crippen molar-refractivity contribution in [2.24, 2.45) is 0 Å². The lowest BCUT2D eigenvalue weighted by atomic mass is 9.88. The van der Waals surface area contributed by atoms with Crippen LogP contribution in [0.5, 0.6) is 11.6 Å². The van der Waals surface area contributed by atoms with Gasteiger partial charge >= 0.3 is 0 Å². The zero-order valence-electron chi connectivity index (χ0n) is 23.5. The molecule has 3 N–H and O–H groups in total. The topological polar surface area (TPSA) is 168 Å². The van der Waals surface area contributed by atoms with Crippen LogP contribution in [0.25, 0.3) is 0 Å². The van der Waals surface area contributed by atoms with Crippen molar-refractivity contribution in [3.8, 4) is 11.6 Å². The van der Waals surface area contributed by atoms with Gasteiger partial charge in [-0.25, -0.2) is 21.8 Å². The van der Waals surface area contributed by atoms with Crippen molar-refractivity contribution in [3.05, 3.63) is 36.5 Å². The lowest BCUT2D eigenvalue weighted by molar-refractivity contribution is -0.0312. The second-order valence-electron chi connectivity index (χ2n) is 11.0. The van der Waals surface area contributed by atoms with E-state index >= 15 is 0 Å². The van der Waals surface area contributed by atoms with Gasteiger partial charge in [0.05, 0.1) is 42.2 Å². The Morgan fingerprint density at radius 3 is 2.71 bits per heavy atom. The number of sulfone groups is 1. The molecular formula is C27H38N4O9S2. The Morgan fingerprint density at radius 2 is 1.95 bits per heavy atom. The van der Waals surface area contributed by atoms with E-state index in [0.717, 1.165) is 0 Å². The van der Waals surface area contributed by atoms with E-state index in [1.807, 2.05) is 11.9 Å². The van der Waals surface area contributed by atoms with Crippen molar-refractivity contribution < 1.29 is 41.3 Å². The molecule has 2 aromatic rings. The van der Waals surface area contributed by atoms with Crippen LogP contribution in [0.15, 0.2) is 46.3 Å². The fourth-order valence-corrected chi connectivity index (χ4v) is 7.97. The van der Waals surface area contributed by atoms with Gasteiger partial charge in [0.15, 0.2) is 9.84 Å². The Labute approximate surface area is 246 Å². The molecule has 0 bridgehead atoms. The number of aliphatic hydroxyl groups is 2. The molecule has 4 heterocycles. The molecular weight excluding hydrogens is 588 g/mol. The summed E-state index contributed by atoms with van der Waals surface area (Å²) >= 11 is 0. The number of ether oxygens (including phenoxy) is 3. The van der Waals surface area contributed by atoms with Crippen molar-refractivity contribution in [2.45, 2.75) is 46.8 Å². The molecule has 15 heteroatoms. The second-order valence-corrected chi connectivity index (χ2v) is 15.0. The maximum Gasteiger partial charge on any atom is 0.244 e. The van der Waals surface area contributed by atoms with Crippen LogP contribution >= 0.6 is 0 Å². The molecule has 2 fully saturated rings. The van der Waals surface area contributed by atoms with Gasteiger partial charge in [0, 0.05) is 32.7 Å². The number of likely N-dealkylation sites (N-methyl/N-ethyl adjacent to an activating group) is 1. The number of pyridine rings is 1. The number of aromatic nitrogens is 1. The lowest BCUT2D eigenvalue weighted by Crippen LogP contribution is -2.47. The average molecular weight is 627 g/mol.